The fourth-order valence-corrected chi connectivity index (χ4v) is 0.231. The van der Waals surface area contributed by atoms with Crippen molar-refractivity contribution in [2.75, 3.05) is 12.4 Å². The van der Waals surface area contributed by atoms with E-state index in [0.29, 0.717) is 18.8 Å². The normalized spacial score (nSPS) is 9.29. The average Bonchev–Trinajstić information content (AvgIpc) is 2.19. The molecule has 0 saturated carbocycles. The zero-order valence-corrected chi connectivity index (χ0v) is 11.5. The number of hydrogen-bond donors (Lipinski definition) is 4. The summed E-state index contributed by atoms with van der Waals surface area (Å²) in [6.45, 7) is 5.32. The molecule has 0 rings (SSSR count). The van der Waals surface area contributed by atoms with Crippen LogP contribution in [-0.4, -0.2) is 34.9 Å². The topological polar surface area (TPSA) is 132 Å². The molecule has 17 heavy (non-hydrogen) atoms. The summed E-state index contributed by atoms with van der Waals surface area (Å²) in [5.41, 5.74) is 13.7. The van der Waals surface area contributed by atoms with Gasteiger partial charge in [-0.1, -0.05) is 6.92 Å². The Morgan fingerprint density at radius 2 is 1.65 bits per heavy atom. The Balaban J connectivity index is -0.000000177. The standard InChI is InChI=1S/C4H9NO2.C3H8ClN.C3H7NO/c1-4(2,5)3(6)7;4-2-1-3-5;1-2-3(4)5/h5H2,1-2H3,(H,6,7);1-3,5H2;2H2,1H3,(H2,4,5). The number of alkyl halides is 1. The van der Waals surface area contributed by atoms with Gasteiger partial charge in [-0.2, -0.15) is 0 Å². The fourth-order valence-electron chi connectivity index (χ4n) is 0.0772. The van der Waals surface area contributed by atoms with Gasteiger partial charge in [0, 0.05) is 12.3 Å². The predicted octanol–water partition coefficient (Wildman–Crippen LogP) is 0.264. The van der Waals surface area contributed by atoms with E-state index in [9.17, 15) is 9.59 Å². The number of aliphatic carboxylic acids is 1. The number of hydrogen-bond acceptors (Lipinski definition) is 4. The van der Waals surface area contributed by atoms with Crippen LogP contribution in [-0.2, 0) is 9.59 Å². The molecule has 0 aromatic carbocycles. The van der Waals surface area contributed by atoms with Crippen LogP contribution in [0.1, 0.15) is 33.6 Å². The van der Waals surface area contributed by atoms with Crippen LogP contribution < -0.4 is 17.2 Å². The summed E-state index contributed by atoms with van der Waals surface area (Å²) in [5, 5.41) is 8.12. The van der Waals surface area contributed by atoms with Gasteiger partial charge in [0.15, 0.2) is 0 Å². The van der Waals surface area contributed by atoms with Crippen molar-refractivity contribution in [3.8, 4) is 0 Å². The number of amides is 1. The smallest absolute Gasteiger partial charge is 0.323 e. The molecule has 0 saturated heterocycles. The lowest BCUT2D eigenvalue weighted by Crippen LogP contribution is -2.41. The number of carbonyl (C=O) groups is 2. The number of carboxylic acids is 1. The summed E-state index contributed by atoms with van der Waals surface area (Å²) in [4.78, 5) is 19.5. The Kier molecular flexibility index (Phi) is 16.7. The van der Waals surface area contributed by atoms with Crippen LogP contribution in [0, 0.1) is 0 Å². The molecule has 0 spiro atoms. The predicted molar refractivity (Wildman–Crippen MR) is 69.8 cm³/mol. The van der Waals surface area contributed by atoms with Crippen molar-refractivity contribution in [3.05, 3.63) is 0 Å². The highest BCUT2D eigenvalue weighted by Gasteiger charge is 2.19. The summed E-state index contributed by atoms with van der Waals surface area (Å²) >= 11 is 5.22. The van der Waals surface area contributed by atoms with Crippen LogP contribution >= 0.6 is 11.6 Å². The molecule has 0 radical (unpaired) electrons. The van der Waals surface area contributed by atoms with Crippen LogP contribution in [0.25, 0.3) is 0 Å². The van der Waals surface area contributed by atoms with E-state index >= 15 is 0 Å². The van der Waals surface area contributed by atoms with E-state index < -0.39 is 11.5 Å². The maximum atomic E-state index is 9.90. The summed E-state index contributed by atoms with van der Waals surface area (Å²) in [5.74, 6) is -0.534. The van der Waals surface area contributed by atoms with Crippen molar-refractivity contribution in [1.29, 1.82) is 0 Å². The number of primary amides is 1. The molecule has 0 aliphatic carbocycles. The highest BCUT2D eigenvalue weighted by Crippen LogP contribution is 1.93. The zero-order valence-electron chi connectivity index (χ0n) is 10.7. The first kappa shape index (κ1) is 21.4. The van der Waals surface area contributed by atoms with Gasteiger partial charge in [-0.3, -0.25) is 9.59 Å². The van der Waals surface area contributed by atoms with Crippen LogP contribution in [0.15, 0.2) is 0 Å². The summed E-state index contributed by atoms with van der Waals surface area (Å²) in [7, 11) is 0. The Labute approximate surface area is 107 Å². The highest BCUT2D eigenvalue weighted by atomic mass is 35.5. The second kappa shape index (κ2) is 13.2. The molecule has 0 heterocycles. The lowest BCUT2D eigenvalue weighted by atomic mass is 10.1. The fraction of sp³-hybridized carbons (Fsp3) is 0.800. The van der Waals surface area contributed by atoms with E-state index in [2.05, 4.69) is 5.73 Å². The minimum absolute atomic E-state index is 0.245. The molecule has 0 bridgehead atoms. The first-order chi connectivity index (χ1) is 7.63. The largest absolute Gasteiger partial charge is 0.480 e. The van der Waals surface area contributed by atoms with E-state index in [4.69, 9.17) is 28.2 Å². The van der Waals surface area contributed by atoms with Crippen molar-refractivity contribution < 1.29 is 14.7 Å². The van der Waals surface area contributed by atoms with Gasteiger partial charge in [0.05, 0.1) is 0 Å². The number of halogens is 1. The van der Waals surface area contributed by atoms with Gasteiger partial charge < -0.3 is 22.3 Å². The quantitative estimate of drug-likeness (QED) is 0.544. The second-order valence-electron chi connectivity index (χ2n) is 3.68. The van der Waals surface area contributed by atoms with E-state index in [1.54, 1.807) is 6.92 Å². The number of carboxylic acid groups (broad SMARTS) is 1. The summed E-state index contributed by atoms with van der Waals surface area (Å²) < 4.78 is 0. The van der Waals surface area contributed by atoms with Crippen LogP contribution in [0.3, 0.4) is 0 Å². The van der Waals surface area contributed by atoms with E-state index in [1.807, 2.05) is 0 Å². The molecule has 0 atom stereocenters. The molecule has 1 amide bonds. The van der Waals surface area contributed by atoms with E-state index in [0.717, 1.165) is 6.42 Å². The maximum Gasteiger partial charge on any atom is 0.323 e. The van der Waals surface area contributed by atoms with E-state index in [1.165, 1.54) is 13.8 Å². The molecule has 0 unspecified atom stereocenters. The molecule has 6 nitrogen and oxygen atoms in total. The van der Waals surface area contributed by atoms with Gasteiger partial charge in [0.1, 0.15) is 5.54 Å². The second-order valence-corrected chi connectivity index (χ2v) is 4.06. The molecule has 0 aromatic heterocycles. The van der Waals surface area contributed by atoms with Crippen molar-refractivity contribution in [1.82, 2.24) is 0 Å². The molecular weight excluding hydrogens is 246 g/mol. The maximum absolute atomic E-state index is 9.90. The lowest BCUT2D eigenvalue weighted by Gasteiger charge is -2.09. The average molecular weight is 270 g/mol. The molecule has 7 heteroatoms. The Hall–Kier alpha value is -0.850. The minimum Gasteiger partial charge on any atom is -0.480 e. The lowest BCUT2D eigenvalue weighted by molar-refractivity contribution is -0.141. The minimum atomic E-state index is -1.08. The van der Waals surface area contributed by atoms with Crippen molar-refractivity contribution in [3.63, 3.8) is 0 Å². The van der Waals surface area contributed by atoms with Crippen molar-refractivity contribution in [2.24, 2.45) is 17.2 Å². The number of carbonyl (C=O) groups excluding carboxylic acids is 1. The Morgan fingerprint density at radius 1 is 1.35 bits per heavy atom. The van der Waals surface area contributed by atoms with Gasteiger partial charge >= 0.3 is 5.97 Å². The first-order valence-electron chi connectivity index (χ1n) is 5.20. The van der Waals surface area contributed by atoms with Crippen LogP contribution in [0.5, 0.6) is 0 Å². The van der Waals surface area contributed by atoms with Crippen molar-refractivity contribution in [2.45, 2.75) is 39.2 Å². The zero-order chi connectivity index (χ0) is 14.5. The summed E-state index contributed by atoms with van der Waals surface area (Å²) in [6, 6.07) is 0. The molecular formula is C10H24ClN3O3. The van der Waals surface area contributed by atoms with E-state index in [-0.39, 0.29) is 5.91 Å². The third-order valence-corrected chi connectivity index (χ3v) is 1.50. The third-order valence-electron chi connectivity index (χ3n) is 1.24. The summed E-state index contributed by atoms with van der Waals surface area (Å²) in [6.07, 6.45) is 1.38. The van der Waals surface area contributed by atoms with Crippen molar-refractivity contribution >= 4 is 23.5 Å². The van der Waals surface area contributed by atoms with Gasteiger partial charge in [0.25, 0.3) is 0 Å². The molecule has 104 valence electrons. The highest BCUT2D eigenvalue weighted by molar-refractivity contribution is 6.17. The van der Waals surface area contributed by atoms with Gasteiger partial charge in [-0.15, -0.1) is 11.6 Å². The molecule has 0 aromatic rings. The first-order valence-corrected chi connectivity index (χ1v) is 5.73. The van der Waals surface area contributed by atoms with Crippen LogP contribution in [0.4, 0.5) is 0 Å². The molecule has 0 fully saturated rings. The SMILES string of the molecule is CC(C)(N)C(=O)O.CCC(N)=O.NCCCCl. The van der Waals surface area contributed by atoms with Gasteiger partial charge in [0.2, 0.25) is 5.91 Å². The Bertz CT molecular complexity index is 203. The number of rotatable bonds is 4. The Morgan fingerprint density at radius 3 is 1.65 bits per heavy atom. The molecule has 0 aliphatic rings. The molecule has 7 N–H and O–H groups in total. The van der Waals surface area contributed by atoms with Gasteiger partial charge in [-0.25, -0.2) is 0 Å². The van der Waals surface area contributed by atoms with Gasteiger partial charge in [-0.05, 0) is 26.8 Å². The van der Waals surface area contributed by atoms with Crippen LogP contribution in [0.2, 0.25) is 0 Å². The molecule has 0 aliphatic heterocycles. The monoisotopic (exact) mass is 269 g/mol. The third kappa shape index (κ3) is 31.3. The number of nitrogens with two attached hydrogens (primary N) is 3.